The van der Waals surface area contributed by atoms with Gasteiger partial charge >= 0.3 is 6.09 Å². The van der Waals surface area contributed by atoms with Gasteiger partial charge in [0.25, 0.3) is 0 Å². The summed E-state index contributed by atoms with van der Waals surface area (Å²) in [6.45, 7) is 0.560. The van der Waals surface area contributed by atoms with Crippen molar-refractivity contribution in [1.82, 2.24) is 5.32 Å². The van der Waals surface area contributed by atoms with Gasteiger partial charge in [0.15, 0.2) is 0 Å². The van der Waals surface area contributed by atoms with E-state index in [-0.39, 0.29) is 6.61 Å². The van der Waals surface area contributed by atoms with E-state index in [9.17, 15) is 4.79 Å². The molecule has 0 spiro atoms. The average Bonchev–Trinajstić information content (AvgIpc) is 2.46. The molecule has 3 nitrogen and oxygen atoms in total. The molecule has 0 atom stereocenters. The van der Waals surface area contributed by atoms with Crippen molar-refractivity contribution in [1.29, 1.82) is 0 Å². The van der Waals surface area contributed by atoms with Gasteiger partial charge < -0.3 is 10.1 Å². The second-order valence-electron chi connectivity index (χ2n) is 4.12. The average molecular weight is 355 g/mol. The van der Waals surface area contributed by atoms with Crippen LogP contribution in [0.15, 0.2) is 53.0 Å². The molecule has 0 fully saturated rings. The molecule has 0 saturated heterocycles. The summed E-state index contributed by atoms with van der Waals surface area (Å²) in [4.78, 5) is 11.6. The minimum absolute atomic E-state index is 0.246. The zero-order valence-electron chi connectivity index (χ0n) is 10.6. The topological polar surface area (TPSA) is 38.3 Å². The Morgan fingerprint density at radius 2 is 1.90 bits per heavy atom. The number of amides is 1. The Morgan fingerprint density at radius 1 is 1.15 bits per heavy atom. The van der Waals surface area contributed by atoms with E-state index in [1.807, 2.05) is 42.5 Å². The van der Waals surface area contributed by atoms with Crippen LogP contribution in [0.25, 0.3) is 0 Å². The lowest BCUT2D eigenvalue weighted by Crippen LogP contribution is -2.24. The number of hydrogen-bond acceptors (Lipinski definition) is 2. The van der Waals surface area contributed by atoms with E-state index >= 15 is 0 Å². The van der Waals surface area contributed by atoms with Gasteiger partial charge in [0.1, 0.15) is 6.61 Å². The summed E-state index contributed by atoms with van der Waals surface area (Å²) in [6, 6.07) is 15.0. The Hall–Kier alpha value is -1.52. The van der Waals surface area contributed by atoms with Crippen LogP contribution in [0.3, 0.4) is 0 Å². The van der Waals surface area contributed by atoms with Crippen LogP contribution < -0.4 is 5.32 Å². The predicted octanol–water partition coefficient (Wildman–Crippen LogP) is 4.53. The van der Waals surface area contributed by atoms with Crippen LogP contribution in [0.1, 0.15) is 11.1 Å². The van der Waals surface area contributed by atoms with E-state index in [1.54, 1.807) is 6.07 Å². The maximum atomic E-state index is 11.6. The van der Waals surface area contributed by atoms with Crippen molar-refractivity contribution >= 4 is 33.6 Å². The Morgan fingerprint density at radius 3 is 2.60 bits per heavy atom. The lowest BCUT2D eigenvalue weighted by atomic mass is 10.2. The molecule has 0 aliphatic rings. The number of rotatable bonds is 4. The highest BCUT2D eigenvalue weighted by molar-refractivity contribution is 9.10. The molecule has 1 amide bonds. The van der Waals surface area contributed by atoms with Gasteiger partial charge in [0.05, 0.1) is 0 Å². The van der Waals surface area contributed by atoms with Crippen LogP contribution in [0.5, 0.6) is 0 Å². The second-order valence-corrected chi connectivity index (χ2v) is 5.38. The van der Waals surface area contributed by atoms with Crippen LogP contribution >= 0.6 is 27.5 Å². The Balaban J connectivity index is 1.84. The summed E-state index contributed by atoms with van der Waals surface area (Å²) in [5.74, 6) is 0. The number of ether oxygens (including phenoxy) is 1. The summed E-state index contributed by atoms with van der Waals surface area (Å²) in [5, 5.41) is 3.28. The van der Waals surface area contributed by atoms with Gasteiger partial charge in [-0.25, -0.2) is 4.79 Å². The zero-order chi connectivity index (χ0) is 14.4. The van der Waals surface area contributed by atoms with E-state index in [1.165, 1.54) is 0 Å². The first-order chi connectivity index (χ1) is 9.66. The van der Waals surface area contributed by atoms with Crippen molar-refractivity contribution in [3.05, 3.63) is 69.2 Å². The maximum Gasteiger partial charge on any atom is 0.407 e. The lowest BCUT2D eigenvalue weighted by Gasteiger charge is -2.09. The molecule has 0 saturated carbocycles. The number of carbonyl (C=O) groups is 1. The number of halogens is 2. The van der Waals surface area contributed by atoms with Gasteiger partial charge in [0, 0.05) is 21.6 Å². The molecule has 0 unspecified atom stereocenters. The first kappa shape index (κ1) is 14.9. The summed E-state index contributed by atoms with van der Waals surface area (Å²) < 4.78 is 5.98. The van der Waals surface area contributed by atoms with Crippen molar-refractivity contribution in [2.45, 2.75) is 13.2 Å². The minimum Gasteiger partial charge on any atom is -0.445 e. The molecule has 5 heteroatoms. The summed E-state index contributed by atoms with van der Waals surface area (Å²) in [5.41, 5.74) is 1.77. The Bertz CT molecular complexity index is 569. The second kappa shape index (κ2) is 7.31. The Kier molecular flexibility index (Phi) is 5.44. The first-order valence-electron chi connectivity index (χ1n) is 6.04. The summed E-state index contributed by atoms with van der Waals surface area (Å²) in [6.07, 6.45) is -0.472. The van der Waals surface area contributed by atoms with Crippen LogP contribution in [0.4, 0.5) is 4.79 Å². The molecule has 2 rings (SSSR count). The van der Waals surface area contributed by atoms with Crippen LogP contribution in [0, 0.1) is 0 Å². The highest BCUT2D eigenvalue weighted by Gasteiger charge is 2.08. The van der Waals surface area contributed by atoms with Crippen LogP contribution in [-0.2, 0) is 17.9 Å². The molecule has 1 N–H and O–H groups in total. The monoisotopic (exact) mass is 353 g/mol. The number of carbonyl (C=O) groups excluding carboxylic acids is 1. The van der Waals surface area contributed by atoms with Gasteiger partial charge in [-0.2, -0.15) is 0 Å². The molecule has 0 aliphatic heterocycles. The maximum absolute atomic E-state index is 11.6. The van der Waals surface area contributed by atoms with Crippen molar-refractivity contribution in [2.24, 2.45) is 0 Å². The fourth-order valence-electron chi connectivity index (χ4n) is 1.64. The van der Waals surface area contributed by atoms with Gasteiger partial charge in [0.2, 0.25) is 0 Å². The Labute approximate surface area is 131 Å². The lowest BCUT2D eigenvalue weighted by molar-refractivity contribution is 0.139. The SMILES string of the molecule is O=C(NCc1c(Cl)cccc1Br)OCc1ccccc1. The van der Waals surface area contributed by atoms with Crippen molar-refractivity contribution in [3.8, 4) is 0 Å². The van der Waals surface area contributed by atoms with Crippen molar-refractivity contribution in [2.75, 3.05) is 0 Å². The molecule has 0 bridgehead atoms. The minimum atomic E-state index is -0.472. The van der Waals surface area contributed by atoms with E-state index in [2.05, 4.69) is 21.2 Å². The fourth-order valence-corrected chi connectivity index (χ4v) is 2.50. The third-order valence-corrected chi connectivity index (χ3v) is 3.78. The summed E-state index contributed by atoms with van der Waals surface area (Å²) in [7, 11) is 0. The van der Waals surface area contributed by atoms with Crippen molar-refractivity contribution in [3.63, 3.8) is 0 Å². The predicted molar refractivity (Wildman–Crippen MR) is 82.6 cm³/mol. The first-order valence-corrected chi connectivity index (χ1v) is 7.21. The number of alkyl carbamates (subject to hydrolysis) is 1. The number of nitrogens with one attached hydrogen (secondary N) is 1. The third kappa shape index (κ3) is 4.25. The van der Waals surface area contributed by atoms with Crippen LogP contribution in [0.2, 0.25) is 5.02 Å². The highest BCUT2D eigenvalue weighted by atomic mass is 79.9. The van der Waals surface area contributed by atoms with E-state index < -0.39 is 6.09 Å². The van der Waals surface area contributed by atoms with Gasteiger partial charge in [-0.05, 0) is 17.7 Å². The molecule has 104 valence electrons. The van der Waals surface area contributed by atoms with Gasteiger partial charge in [-0.1, -0.05) is 63.9 Å². The van der Waals surface area contributed by atoms with E-state index in [0.29, 0.717) is 11.6 Å². The smallest absolute Gasteiger partial charge is 0.407 e. The molecular formula is C15H13BrClNO2. The number of hydrogen-bond donors (Lipinski definition) is 1. The quantitative estimate of drug-likeness (QED) is 0.876. The highest BCUT2D eigenvalue weighted by Crippen LogP contribution is 2.24. The standard InChI is InChI=1S/C15H13BrClNO2/c16-13-7-4-8-14(17)12(13)9-18-15(19)20-10-11-5-2-1-3-6-11/h1-8H,9-10H2,(H,18,19). The molecule has 2 aromatic carbocycles. The molecular weight excluding hydrogens is 342 g/mol. The molecule has 0 aromatic heterocycles. The van der Waals surface area contributed by atoms with Gasteiger partial charge in [-0.15, -0.1) is 0 Å². The zero-order valence-corrected chi connectivity index (χ0v) is 12.9. The number of benzene rings is 2. The van der Waals surface area contributed by atoms with E-state index in [0.717, 1.165) is 15.6 Å². The third-order valence-electron chi connectivity index (χ3n) is 2.68. The van der Waals surface area contributed by atoms with Gasteiger partial charge in [-0.3, -0.25) is 0 Å². The van der Waals surface area contributed by atoms with E-state index in [4.69, 9.17) is 16.3 Å². The fraction of sp³-hybridized carbons (Fsp3) is 0.133. The molecule has 0 aliphatic carbocycles. The summed E-state index contributed by atoms with van der Waals surface area (Å²) >= 11 is 9.46. The molecule has 0 radical (unpaired) electrons. The molecule has 2 aromatic rings. The largest absolute Gasteiger partial charge is 0.445 e. The normalized spacial score (nSPS) is 10.1. The molecule has 20 heavy (non-hydrogen) atoms. The molecule has 0 heterocycles. The van der Waals surface area contributed by atoms with Crippen LogP contribution in [-0.4, -0.2) is 6.09 Å². The van der Waals surface area contributed by atoms with Crippen molar-refractivity contribution < 1.29 is 9.53 Å².